The molecule has 7 nitrogen and oxygen atoms in total. The van der Waals surface area contributed by atoms with Gasteiger partial charge in [-0.05, 0) is 74.9 Å². The molecule has 2 aromatic carbocycles. The molecular weight excluding hydrogens is 535 g/mol. The highest BCUT2D eigenvalue weighted by molar-refractivity contribution is 7.89. The average Bonchev–Trinajstić information content (AvgIpc) is 2.84. The van der Waals surface area contributed by atoms with Gasteiger partial charge in [0.15, 0.2) is 0 Å². The number of nitrogens with zero attached hydrogens (tertiary/aromatic N) is 1. The van der Waals surface area contributed by atoms with E-state index in [-0.39, 0.29) is 22.3 Å². The minimum atomic E-state index is -3.97. The molecule has 0 spiro atoms. The molecule has 0 radical (unpaired) electrons. The standard InChI is InChI=1S/C27H30Cl2N2O5S/c1-4-35-27(32)15-12-19(3)30-17-21-18(2)8-7-10-24(21)31-37(33,34)26-14-13-20(16-23(26)29)36-25-11-6-5-9-22(25)28/h5-6,9,11,13-14,16-17,24,31H,2,4,7-8,10,12,15H2,1,3H3/b21-17+,30-19?. The summed E-state index contributed by atoms with van der Waals surface area (Å²) in [4.78, 5) is 16.0. The van der Waals surface area contributed by atoms with Gasteiger partial charge in [0.1, 0.15) is 16.4 Å². The number of rotatable bonds is 10. The Morgan fingerprint density at radius 1 is 1.19 bits per heavy atom. The first-order valence-electron chi connectivity index (χ1n) is 11.9. The molecule has 0 saturated heterocycles. The first-order valence-corrected chi connectivity index (χ1v) is 14.2. The van der Waals surface area contributed by atoms with Gasteiger partial charge in [0.2, 0.25) is 10.0 Å². The monoisotopic (exact) mass is 564 g/mol. The maximum atomic E-state index is 13.3. The molecule has 1 aliphatic rings. The van der Waals surface area contributed by atoms with E-state index in [9.17, 15) is 13.2 Å². The van der Waals surface area contributed by atoms with Gasteiger partial charge in [-0.1, -0.05) is 41.9 Å². The first kappa shape index (κ1) is 28.9. The minimum absolute atomic E-state index is 0.0186. The third-order valence-electron chi connectivity index (χ3n) is 5.73. The van der Waals surface area contributed by atoms with Gasteiger partial charge in [-0.15, -0.1) is 0 Å². The Morgan fingerprint density at radius 2 is 1.95 bits per heavy atom. The third-order valence-corrected chi connectivity index (χ3v) is 8.00. The van der Waals surface area contributed by atoms with Crippen molar-refractivity contribution in [3.8, 4) is 11.5 Å². The number of aliphatic imine (C=N–C) groups is 1. The van der Waals surface area contributed by atoms with Crippen molar-refractivity contribution in [1.29, 1.82) is 0 Å². The molecule has 1 saturated carbocycles. The summed E-state index contributed by atoms with van der Waals surface area (Å²) < 4.78 is 40.0. The van der Waals surface area contributed by atoms with Crippen molar-refractivity contribution in [2.75, 3.05) is 6.61 Å². The molecule has 10 heteroatoms. The van der Waals surface area contributed by atoms with Gasteiger partial charge >= 0.3 is 5.97 Å². The Bertz CT molecular complexity index is 1320. The first-order chi connectivity index (χ1) is 17.6. The van der Waals surface area contributed by atoms with Crippen LogP contribution in [0.2, 0.25) is 10.0 Å². The zero-order valence-corrected chi connectivity index (χ0v) is 23.1. The molecule has 1 unspecified atom stereocenters. The lowest BCUT2D eigenvalue weighted by molar-refractivity contribution is -0.142. The predicted molar refractivity (Wildman–Crippen MR) is 147 cm³/mol. The van der Waals surface area contributed by atoms with Crippen molar-refractivity contribution in [1.82, 2.24) is 4.72 Å². The number of ether oxygens (including phenoxy) is 2. The molecule has 1 N–H and O–H groups in total. The van der Waals surface area contributed by atoms with Crippen LogP contribution in [-0.2, 0) is 19.6 Å². The number of sulfonamides is 1. The second kappa shape index (κ2) is 13.2. The van der Waals surface area contributed by atoms with Crippen LogP contribution < -0.4 is 9.46 Å². The number of halogens is 2. The van der Waals surface area contributed by atoms with Gasteiger partial charge in [0.05, 0.1) is 23.1 Å². The summed E-state index contributed by atoms with van der Waals surface area (Å²) in [5, 5.41) is 0.442. The molecule has 0 bridgehead atoms. The number of benzene rings is 2. The third kappa shape index (κ3) is 8.17. The van der Waals surface area contributed by atoms with Crippen molar-refractivity contribution in [3.05, 3.63) is 76.4 Å². The smallest absolute Gasteiger partial charge is 0.306 e. The maximum Gasteiger partial charge on any atom is 0.306 e. The second-order valence-corrected chi connectivity index (χ2v) is 11.0. The maximum absolute atomic E-state index is 13.3. The number of esters is 1. The number of para-hydroxylation sites is 1. The van der Waals surface area contributed by atoms with Gasteiger partial charge in [-0.3, -0.25) is 9.79 Å². The summed E-state index contributed by atoms with van der Waals surface area (Å²) >= 11 is 12.5. The molecule has 2 aromatic rings. The van der Waals surface area contributed by atoms with Crippen LogP contribution in [0.15, 0.2) is 76.3 Å². The van der Waals surface area contributed by atoms with E-state index in [2.05, 4.69) is 16.3 Å². The minimum Gasteiger partial charge on any atom is -0.466 e. The highest BCUT2D eigenvalue weighted by Gasteiger charge is 2.28. The largest absolute Gasteiger partial charge is 0.466 e. The van der Waals surface area contributed by atoms with Crippen molar-refractivity contribution in [2.45, 2.75) is 56.9 Å². The molecule has 198 valence electrons. The molecule has 1 aliphatic carbocycles. The van der Waals surface area contributed by atoms with E-state index in [0.717, 1.165) is 24.1 Å². The van der Waals surface area contributed by atoms with Crippen LogP contribution in [-0.4, -0.2) is 32.7 Å². The van der Waals surface area contributed by atoms with Gasteiger partial charge < -0.3 is 9.47 Å². The van der Waals surface area contributed by atoms with E-state index in [4.69, 9.17) is 32.7 Å². The topological polar surface area (TPSA) is 94.1 Å². The van der Waals surface area contributed by atoms with Crippen LogP contribution in [0.1, 0.15) is 46.0 Å². The Kier molecular flexibility index (Phi) is 10.3. The molecule has 0 aliphatic heterocycles. The van der Waals surface area contributed by atoms with Crippen LogP contribution in [0.25, 0.3) is 0 Å². The van der Waals surface area contributed by atoms with Gasteiger partial charge in [-0.2, -0.15) is 0 Å². The van der Waals surface area contributed by atoms with Gasteiger partial charge in [0.25, 0.3) is 0 Å². The Morgan fingerprint density at radius 3 is 2.65 bits per heavy atom. The Labute approximate surface area is 228 Å². The molecule has 1 fully saturated rings. The zero-order chi connectivity index (χ0) is 27.0. The second-order valence-electron chi connectivity index (χ2n) is 8.55. The highest BCUT2D eigenvalue weighted by atomic mass is 35.5. The zero-order valence-electron chi connectivity index (χ0n) is 20.8. The number of carbonyl (C=O) groups is 1. The van der Waals surface area contributed by atoms with Crippen LogP contribution in [0.3, 0.4) is 0 Å². The summed E-state index contributed by atoms with van der Waals surface area (Å²) in [5.74, 6) is 0.511. The van der Waals surface area contributed by atoms with E-state index >= 15 is 0 Å². The van der Waals surface area contributed by atoms with Crippen molar-refractivity contribution in [3.63, 3.8) is 0 Å². The summed E-state index contributed by atoms with van der Waals surface area (Å²) in [6.07, 6.45) is 4.44. The van der Waals surface area contributed by atoms with E-state index in [0.29, 0.717) is 41.5 Å². The molecular formula is C27H30Cl2N2O5S. The lowest BCUT2D eigenvalue weighted by atomic mass is 9.87. The summed E-state index contributed by atoms with van der Waals surface area (Å²) in [6, 6.07) is 10.8. The molecule has 1 atom stereocenters. The van der Waals surface area contributed by atoms with Crippen LogP contribution in [0.5, 0.6) is 11.5 Å². The lowest BCUT2D eigenvalue weighted by Crippen LogP contribution is -2.38. The molecule has 0 aromatic heterocycles. The van der Waals surface area contributed by atoms with Crippen molar-refractivity contribution < 1.29 is 22.7 Å². The summed E-state index contributed by atoms with van der Waals surface area (Å²) in [5.41, 5.74) is 2.26. The van der Waals surface area contributed by atoms with Crippen LogP contribution in [0, 0.1) is 0 Å². The highest BCUT2D eigenvalue weighted by Crippen LogP contribution is 2.34. The Balaban J connectivity index is 1.76. The predicted octanol–water partition coefficient (Wildman–Crippen LogP) is 6.86. The quantitative estimate of drug-likeness (QED) is 0.251. The van der Waals surface area contributed by atoms with E-state index in [1.165, 1.54) is 18.2 Å². The van der Waals surface area contributed by atoms with Gasteiger partial charge in [-0.25, -0.2) is 13.1 Å². The average molecular weight is 566 g/mol. The van der Waals surface area contributed by atoms with Crippen molar-refractivity contribution >= 4 is 44.9 Å². The van der Waals surface area contributed by atoms with E-state index in [1.807, 2.05) is 6.92 Å². The molecule has 0 heterocycles. The van der Waals surface area contributed by atoms with Crippen LogP contribution >= 0.6 is 23.2 Å². The molecule has 3 rings (SSSR count). The van der Waals surface area contributed by atoms with Crippen molar-refractivity contribution in [2.24, 2.45) is 4.99 Å². The SMILES string of the molecule is C=C1CCCC(NS(=O)(=O)c2ccc(Oc3ccccc3Cl)cc2Cl)/C1=C/N=C(C)CCC(=O)OCC. The number of nitrogens with one attached hydrogen (secondary N) is 1. The number of hydrogen-bond donors (Lipinski definition) is 1. The number of carbonyl (C=O) groups excluding carboxylic acids is 1. The van der Waals surface area contributed by atoms with Crippen LogP contribution in [0.4, 0.5) is 0 Å². The molecule has 0 amide bonds. The van der Waals surface area contributed by atoms with Gasteiger partial charge in [0, 0.05) is 24.0 Å². The fourth-order valence-electron chi connectivity index (χ4n) is 3.80. The van der Waals surface area contributed by atoms with E-state index in [1.54, 1.807) is 37.4 Å². The molecule has 37 heavy (non-hydrogen) atoms. The normalized spacial score (nSPS) is 17.6. The Hall–Kier alpha value is -2.65. The fourth-order valence-corrected chi connectivity index (χ4v) is 5.76. The summed E-state index contributed by atoms with van der Waals surface area (Å²) in [7, 11) is -3.97. The summed E-state index contributed by atoms with van der Waals surface area (Å²) in [6.45, 7) is 8.01. The lowest BCUT2D eigenvalue weighted by Gasteiger charge is -2.27. The number of hydrogen-bond acceptors (Lipinski definition) is 6. The van der Waals surface area contributed by atoms with E-state index < -0.39 is 16.1 Å². The fraction of sp³-hybridized carbons (Fsp3) is 0.333.